The lowest BCUT2D eigenvalue weighted by atomic mass is 9.92. The highest BCUT2D eigenvalue weighted by atomic mass is 127. The molecule has 2 fully saturated rings. The third-order valence-corrected chi connectivity index (χ3v) is 8.72. The molecule has 0 N–H and O–H groups in total. The lowest BCUT2D eigenvalue weighted by molar-refractivity contribution is 0.0699. The summed E-state index contributed by atoms with van der Waals surface area (Å²) in [6, 6.07) is 16.3. The van der Waals surface area contributed by atoms with Crippen LogP contribution < -0.4 is 0 Å². The molecule has 9 heteroatoms. The smallest absolute Gasteiger partial charge is 0.256 e. The van der Waals surface area contributed by atoms with Crippen molar-refractivity contribution in [3.05, 3.63) is 63.4 Å². The fourth-order valence-electron chi connectivity index (χ4n) is 4.58. The molecule has 5 rings (SSSR count). The van der Waals surface area contributed by atoms with Gasteiger partial charge in [-0.15, -0.1) is 0 Å². The van der Waals surface area contributed by atoms with Crippen LogP contribution in [0.1, 0.15) is 28.8 Å². The second-order valence-electron chi connectivity index (χ2n) is 8.93. The van der Waals surface area contributed by atoms with Crippen LogP contribution in [0.4, 0.5) is 0 Å². The summed E-state index contributed by atoms with van der Waals surface area (Å²) in [5.74, 6) is -0.156. The van der Waals surface area contributed by atoms with E-state index in [1.807, 2.05) is 42.5 Å². The number of halogens is 1. The number of aromatic nitrogens is 1. The Morgan fingerprint density at radius 3 is 2.35 bits per heavy atom. The maximum atomic E-state index is 13.6. The molecule has 174 valence electrons. The molecule has 1 amide bonds. The number of amides is 1. The predicted molar refractivity (Wildman–Crippen MR) is 139 cm³/mol. The summed E-state index contributed by atoms with van der Waals surface area (Å²) in [6.07, 6.45) is 4.57. The van der Waals surface area contributed by atoms with Crippen LogP contribution in [0.15, 0.2) is 48.7 Å². The molecule has 2 aromatic carbocycles. The summed E-state index contributed by atoms with van der Waals surface area (Å²) in [5, 5.41) is 10.4. The average Bonchev–Trinajstić information content (AvgIpc) is 3.64. The van der Waals surface area contributed by atoms with Gasteiger partial charge in [-0.2, -0.15) is 9.57 Å². The molecule has 0 unspecified atom stereocenters. The second kappa shape index (κ2) is 8.59. The first kappa shape index (κ1) is 23.2. The van der Waals surface area contributed by atoms with Crippen LogP contribution in [0.3, 0.4) is 0 Å². The third-order valence-electron chi connectivity index (χ3n) is 6.75. The molecule has 0 atom stereocenters. The summed E-state index contributed by atoms with van der Waals surface area (Å²) in [6.45, 7) is 1.23. The first-order chi connectivity index (χ1) is 16.2. The topological polar surface area (TPSA) is 94.4 Å². The average molecular weight is 586 g/mol. The molecule has 2 aliphatic rings. The minimum atomic E-state index is -3.28. The predicted octanol–water partition coefficient (Wildman–Crippen LogP) is 3.78. The SMILES string of the molecule is CS(=O)(=O)N1CCN(C(=O)c2cnc3ccc(I)cc3c2-c2ccc(C3(C#N)CC3)cc2)CC1. The molecule has 7 nitrogen and oxygen atoms in total. The molecule has 34 heavy (non-hydrogen) atoms. The number of nitriles is 1. The summed E-state index contributed by atoms with van der Waals surface area (Å²) in [5.41, 5.74) is 3.64. The first-order valence-corrected chi connectivity index (χ1v) is 14.0. The van der Waals surface area contributed by atoms with Crippen LogP contribution in [0, 0.1) is 14.9 Å². The van der Waals surface area contributed by atoms with Crippen LogP contribution in [0.2, 0.25) is 0 Å². The minimum Gasteiger partial charge on any atom is -0.336 e. The summed E-state index contributed by atoms with van der Waals surface area (Å²) < 4.78 is 26.2. The largest absolute Gasteiger partial charge is 0.336 e. The van der Waals surface area contributed by atoms with E-state index in [0.717, 1.165) is 44.0 Å². The Morgan fingerprint density at radius 2 is 1.76 bits per heavy atom. The Balaban J connectivity index is 1.56. The van der Waals surface area contributed by atoms with E-state index in [0.29, 0.717) is 18.7 Å². The van der Waals surface area contributed by atoms with Crippen molar-refractivity contribution < 1.29 is 13.2 Å². The van der Waals surface area contributed by atoms with Gasteiger partial charge in [0.15, 0.2) is 0 Å². The summed E-state index contributed by atoms with van der Waals surface area (Å²) >= 11 is 2.25. The van der Waals surface area contributed by atoms with E-state index >= 15 is 0 Å². The number of carbonyl (C=O) groups is 1. The van der Waals surface area contributed by atoms with Crippen LogP contribution in [0.5, 0.6) is 0 Å². The fraction of sp³-hybridized carbons (Fsp3) is 0.320. The number of sulfonamides is 1. The van der Waals surface area contributed by atoms with E-state index in [-0.39, 0.29) is 24.4 Å². The van der Waals surface area contributed by atoms with Crippen LogP contribution >= 0.6 is 22.6 Å². The zero-order chi connectivity index (χ0) is 24.1. The highest BCUT2D eigenvalue weighted by Gasteiger charge is 2.44. The Bertz CT molecular complexity index is 1440. The zero-order valence-corrected chi connectivity index (χ0v) is 21.6. The van der Waals surface area contributed by atoms with Gasteiger partial charge in [0.25, 0.3) is 5.91 Å². The number of hydrogen-bond donors (Lipinski definition) is 0. The van der Waals surface area contributed by atoms with Gasteiger partial charge in [0.05, 0.1) is 28.8 Å². The van der Waals surface area contributed by atoms with Crippen molar-refractivity contribution in [2.75, 3.05) is 32.4 Å². The normalized spacial score (nSPS) is 18.0. The number of piperazine rings is 1. The van der Waals surface area contributed by atoms with Crippen molar-refractivity contribution in [1.82, 2.24) is 14.2 Å². The number of rotatable bonds is 4. The monoisotopic (exact) mass is 586 g/mol. The third kappa shape index (κ3) is 4.19. The summed E-state index contributed by atoms with van der Waals surface area (Å²) in [7, 11) is -3.28. The fourth-order valence-corrected chi connectivity index (χ4v) is 5.89. The molecule has 1 aliphatic heterocycles. The van der Waals surface area contributed by atoms with Gasteiger partial charge in [-0.25, -0.2) is 8.42 Å². The molecule has 1 aliphatic carbocycles. The second-order valence-corrected chi connectivity index (χ2v) is 12.2. The molecule has 1 saturated carbocycles. The molecule has 2 heterocycles. The van der Waals surface area contributed by atoms with E-state index in [9.17, 15) is 18.5 Å². The van der Waals surface area contributed by atoms with Gasteiger partial charge in [-0.1, -0.05) is 24.3 Å². The highest BCUT2D eigenvalue weighted by Crippen LogP contribution is 2.48. The molecular formula is C25H23IN4O3S. The van der Waals surface area contributed by atoms with Crippen molar-refractivity contribution in [1.29, 1.82) is 5.26 Å². The maximum absolute atomic E-state index is 13.6. The van der Waals surface area contributed by atoms with Crippen molar-refractivity contribution in [3.63, 3.8) is 0 Å². The lowest BCUT2D eigenvalue weighted by Gasteiger charge is -2.33. The van der Waals surface area contributed by atoms with Gasteiger partial charge < -0.3 is 4.90 Å². The molecule has 3 aromatic rings. The van der Waals surface area contributed by atoms with Gasteiger partial charge >= 0.3 is 0 Å². The van der Waals surface area contributed by atoms with Crippen molar-refractivity contribution in [2.45, 2.75) is 18.3 Å². The number of carbonyl (C=O) groups excluding carboxylic acids is 1. The van der Waals surface area contributed by atoms with Crippen molar-refractivity contribution in [2.24, 2.45) is 0 Å². The van der Waals surface area contributed by atoms with Gasteiger partial charge in [0.2, 0.25) is 10.0 Å². The highest BCUT2D eigenvalue weighted by molar-refractivity contribution is 14.1. The van der Waals surface area contributed by atoms with Gasteiger partial charge in [-0.3, -0.25) is 9.78 Å². The van der Waals surface area contributed by atoms with Crippen LogP contribution in [-0.4, -0.2) is 60.9 Å². The van der Waals surface area contributed by atoms with E-state index in [4.69, 9.17) is 0 Å². The molecule has 1 saturated heterocycles. The molecule has 0 spiro atoms. The van der Waals surface area contributed by atoms with Crippen LogP contribution in [0.25, 0.3) is 22.0 Å². The number of nitrogens with zero attached hydrogens (tertiary/aromatic N) is 4. The number of pyridine rings is 1. The summed E-state index contributed by atoms with van der Waals surface area (Å²) in [4.78, 5) is 19.9. The quantitative estimate of drug-likeness (QED) is 0.434. The zero-order valence-electron chi connectivity index (χ0n) is 18.7. The van der Waals surface area contributed by atoms with E-state index < -0.39 is 10.0 Å². The van der Waals surface area contributed by atoms with E-state index in [2.05, 4.69) is 33.6 Å². The first-order valence-electron chi connectivity index (χ1n) is 11.1. The van der Waals surface area contributed by atoms with Gasteiger partial charge in [0, 0.05) is 46.9 Å². The lowest BCUT2D eigenvalue weighted by Crippen LogP contribution is -2.50. The number of hydrogen-bond acceptors (Lipinski definition) is 5. The molecule has 1 aromatic heterocycles. The number of benzene rings is 2. The van der Waals surface area contributed by atoms with Crippen molar-refractivity contribution in [3.8, 4) is 17.2 Å². The Morgan fingerprint density at radius 1 is 1.09 bits per heavy atom. The number of fused-ring (bicyclic) bond motifs is 1. The minimum absolute atomic E-state index is 0.156. The molecular weight excluding hydrogens is 563 g/mol. The maximum Gasteiger partial charge on any atom is 0.256 e. The van der Waals surface area contributed by atoms with Crippen LogP contribution in [-0.2, 0) is 15.4 Å². The standard InChI is InChI=1S/C25H23IN4O3S/c1-34(32,33)30-12-10-29(11-13-30)24(31)21-15-28-22-7-6-19(26)14-20(22)23(21)17-2-4-18(5-3-17)25(16-27)8-9-25/h2-7,14-15H,8-13H2,1H3. The van der Waals surface area contributed by atoms with E-state index in [1.165, 1.54) is 10.6 Å². The van der Waals surface area contributed by atoms with Crippen molar-refractivity contribution >= 4 is 49.4 Å². The molecule has 0 bridgehead atoms. The Hall–Kier alpha value is -2.55. The van der Waals surface area contributed by atoms with E-state index in [1.54, 1.807) is 11.1 Å². The Kier molecular flexibility index (Phi) is 5.86. The Labute approximate surface area is 212 Å². The van der Waals surface area contributed by atoms with Gasteiger partial charge in [0.1, 0.15) is 0 Å². The molecule has 0 radical (unpaired) electrons. The van der Waals surface area contributed by atoms with Gasteiger partial charge in [-0.05, 0) is 64.8 Å².